The van der Waals surface area contributed by atoms with Crippen LogP contribution in [0.15, 0.2) is 18.2 Å². The van der Waals surface area contributed by atoms with E-state index < -0.39 is 16.6 Å². The molecule has 0 aliphatic carbocycles. The van der Waals surface area contributed by atoms with Crippen LogP contribution in [0.25, 0.3) is 0 Å². The van der Waals surface area contributed by atoms with Gasteiger partial charge < -0.3 is 10.1 Å². The van der Waals surface area contributed by atoms with Gasteiger partial charge in [-0.2, -0.15) is 0 Å². The lowest BCUT2D eigenvalue weighted by molar-refractivity contribution is 0.0954. The Morgan fingerprint density at radius 1 is 1.53 bits per heavy atom. The molecule has 1 N–H and O–H groups in total. The number of amides is 1. The summed E-state index contributed by atoms with van der Waals surface area (Å²) in [4.78, 5) is 11.7. The molecule has 0 aromatic heterocycles. The zero-order chi connectivity index (χ0) is 12.8. The van der Waals surface area contributed by atoms with E-state index in [-0.39, 0.29) is 12.0 Å². The molecule has 0 bridgehead atoms. The number of rotatable bonds is 5. The van der Waals surface area contributed by atoms with Crippen molar-refractivity contribution in [1.82, 2.24) is 5.32 Å². The van der Waals surface area contributed by atoms with Crippen LogP contribution >= 0.6 is 0 Å². The standard InChI is InChI=1S/C11H14NO4S/c1-8(2)16-10-6-4-3-5-9(10)11(13)12-7-17(14)15/h3,5-6,8,17H,7H2,1-2H3,(H,12,13). The lowest BCUT2D eigenvalue weighted by Gasteiger charge is -2.13. The lowest BCUT2D eigenvalue weighted by atomic mass is 10.2. The molecule has 1 radical (unpaired) electrons. The molecule has 17 heavy (non-hydrogen) atoms. The average Bonchev–Trinajstić information content (AvgIpc) is 2.25. The zero-order valence-corrected chi connectivity index (χ0v) is 10.5. The van der Waals surface area contributed by atoms with Crippen molar-refractivity contribution in [3.05, 3.63) is 29.8 Å². The Balaban J connectivity index is 2.84. The van der Waals surface area contributed by atoms with Gasteiger partial charge in [0.1, 0.15) is 11.6 Å². The maximum atomic E-state index is 11.7. The maximum Gasteiger partial charge on any atom is 0.255 e. The van der Waals surface area contributed by atoms with Gasteiger partial charge in [0.25, 0.3) is 5.91 Å². The van der Waals surface area contributed by atoms with Gasteiger partial charge in [-0.05, 0) is 32.0 Å². The number of hydrogen-bond donors (Lipinski definition) is 2. The normalized spacial score (nSPS) is 10.6. The van der Waals surface area contributed by atoms with E-state index in [0.29, 0.717) is 11.3 Å². The Hall–Kier alpha value is -1.56. The van der Waals surface area contributed by atoms with Crippen molar-refractivity contribution in [2.45, 2.75) is 20.0 Å². The van der Waals surface area contributed by atoms with Crippen molar-refractivity contribution in [2.24, 2.45) is 0 Å². The molecular formula is C11H14NO4S. The molecule has 0 heterocycles. The predicted octanol–water partition coefficient (Wildman–Crippen LogP) is 0.573. The van der Waals surface area contributed by atoms with Crippen LogP contribution < -0.4 is 10.1 Å². The van der Waals surface area contributed by atoms with Crippen molar-refractivity contribution >= 4 is 16.6 Å². The molecule has 0 atom stereocenters. The van der Waals surface area contributed by atoms with Gasteiger partial charge in [0.15, 0.2) is 10.7 Å². The molecule has 0 unspecified atom stereocenters. The molecule has 0 saturated carbocycles. The summed E-state index contributed by atoms with van der Waals surface area (Å²) < 4.78 is 26.2. The largest absolute Gasteiger partial charge is 0.490 e. The average molecular weight is 256 g/mol. The van der Waals surface area contributed by atoms with E-state index in [1.807, 2.05) is 13.8 Å². The summed E-state index contributed by atoms with van der Waals surface area (Å²) in [5.74, 6) is -0.469. The number of benzene rings is 1. The minimum Gasteiger partial charge on any atom is -0.490 e. The highest BCUT2D eigenvalue weighted by Gasteiger charge is 2.12. The highest BCUT2D eigenvalue weighted by Crippen LogP contribution is 2.18. The van der Waals surface area contributed by atoms with Gasteiger partial charge in [0.2, 0.25) is 0 Å². The number of hydrogen-bond acceptors (Lipinski definition) is 4. The molecule has 6 heteroatoms. The van der Waals surface area contributed by atoms with Crippen LogP contribution in [0.2, 0.25) is 0 Å². The van der Waals surface area contributed by atoms with Crippen LogP contribution in [0.5, 0.6) is 5.75 Å². The molecule has 0 aliphatic rings. The first-order valence-electron chi connectivity index (χ1n) is 5.07. The van der Waals surface area contributed by atoms with Crippen LogP contribution in [-0.2, 0) is 10.7 Å². The fourth-order valence-corrected chi connectivity index (χ4v) is 1.46. The van der Waals surface area contributed by atoms with Crippen molar-refractivity contribution in [1.29, 1.82) is 0 Å². The summed E-state index contributed by atoms with van der Waals surface area (Å²) in [5, 5.41) is 2.28. The zero-order valence-electron chi connectivity index (χ0n) is 9.60. The van der Waals surface area contributed by atoms with Gasteiger partial charge in [0.05, 0.1) is 11.7 Å². The Morgan fingerprint density at radius 3 is 2.82 bits per heavy atom. The van der Waals surface area contributed by atoms with Crippen molar-refractivity contribution in [3.63, 3.8) is 0 Å². The van der Waals surface area contributed by atoms with Crippen LogP contribution in [0.1, 0.15) is 24.2 Å². The van der Waals surface area contributed by atoms with Crippen molar-refractivity contribution < 1.29 is 17.9 Å². The Labute approximate surface area is 102 Å². The molecule has 0 saturated heterocycles. The van der Waals surface area contributed by atoms with E-state index in [0.717, 1.165) is 0 Å². The molecular weight excluding hydrogens is 242 g/mol. The molecule has 1 aromatic rings. The molecule has 0 aliphatic heterocycles. The first kappa shape index (κ1) is 13.5. The summed E-state index contributed by atoms with van der Waals surface area (Å²) in [6.45, 7) is 3.67. The molecule has 1 rings (SSSR count). The highest BCUT2D eigenvalue weighted by atomic mass is 32.2. The van der Waals surface area contributed by atoms with E-state index in [1.54, 1.807) is 12.1 Å². The fourth-order valence-electron chi connectivity index (χ4n) is 1.19. The Morgan fingerprint density at radius 2 is 2.24 bits per heavy atom. The highest BCUT2D eigenvalue weighted by molar-refractivity contribution is 7.72. The first-order valence-corrected chi connectivity index (χ1v) is 6.43. The molecule has 0 fully saturated rings. The minimum absolute atomic E-state index is 0.0755. The number of carbonyl (C=O) groups is 1. The van der Waals surface area contributed by atoms with E-state index >= 15 is 0 Å². The molecule has 1 aromatic carbocycles. The number of ether oxygens (including phenoxy) is 1. The summed E-state index contributed by atoms with van der Waals surface area (Å²) in [5.41, 5.74) is 0.300. The van der Waals surface area contributed by atoms with E-state index in [9.17, 15) is 13.2 Å². The Kier molecular flexibility index (Phi) is 4.96. The van der Waals surface area contributed by atoms with Crippen LogP contribution in [0.4, 0.5) is 0 Å². The number of carbonyl (C=O) groups excluding carboxylic acids is 1. The van der Waals surface area contributed by atoms with Gasteiger partial charge in [0, 0.05) is 0 Å². The van der Waals surface area contributed by atoms with E-state index in [1.165, 1.54) is 6.07 Å². The minimum atomic E-state index is -2.63. The predicted molar refractivity (Wildman–Crippen MR) is 63.7 cm³/mol. The van der Waals surface area contributed by atoms with E-state index in [4.69, 9.17) is 4.74 Å². The van der Waals surface area contributed by atoms with Crippen molar-refractivity contribution in [2.75, 3.05) is 5.88 Å². The molecule has 1 amide bonds. The fraction of sp³-hybridized carbons (Fsp3) is 0.364. The van der Waals surface area contributed by atoms with Gasteiger partial charge in [-0.25, -0.2) is 8.42 Å². The second-order valence-corrected chi connectivity index (χ2v) is 4.57. The molecule has 5 nitrogen and oxygen atoms in total. The third-order valence-electron chi connectivity index (χ3n) is 1.80. The van der Waals surface area contributed by atoms with Gasteiger partial charge in [-0.15, -0.1) is 0 Å². The second kappa shape index (κ2) is 6.24. The van der Waals surface area contributed by atoms with E-state index in [2.05, 4.69) is 11.4 Å². The van der Waals surface area contributed by atoms with Gasteiger partial charge in [-0.1, -0.05) is 6.07 Å². The molecule has 0 spiro atoms. The van der Waals surface area contributed by atoms with Gasteiger partial charge >= 0.3 is 0 Å². The maximum absolute atomic E-state index is 11.7. The monoisotopic (exact) mass is 256 g/mol. The topological polar surface area (TPSA) is 72.5 Å². The quantitative estimate of drug-likeness (QED) is 0.756. The second-order valence-electron chi connectivity index (χ2n) is 3.59. The van der Waals surface area contributed by atoms with Crippen molar-refractivity contribution in [3.8, 4) is 5.75 Å². The first-order chi connectivity index (χ1) is 8.00. The van der Waals surface area contributed by atoms with Crippen LogP contribution in [0, 0.1) is 6.07 Å². The third-order valence-corrected chi connectivity index (χ3v) is 2.22. The summed E-state index contributed by atoms with van der Waals surface area (Å²) >= 11 is 0. The SMILES string of the molecule is CC(C)Oc1c[c]ccc1C(=O)NC[SH](=O)=O. The number of nitrogens with one attached hydrogen (secondary N) is 1. The van der Waals surface area contributed by atoms with Crippen LogP contribution in [0.3, 0.4) is 0 Å². The number of thiol groups is 1. The summed E-state index contributed by atoms with van der Waals surface area (Å²) in [6.07, 6.45) is -0.0755. The third kappa shape index (κ3) is 4.44. The lowest BCUT2D eigenvalue weighted by Crippen LogP contribution is -2.26. The Bertz CT molecular complexity index is 460. The van der Waals surface area contributed by atoms with Crippen LogP contribution in [-0.4, -0.2) is 26.3 Å². The molecule has 93 valence electrons. The smallest absolute Gasteiger partial charge is 0.255 e. The summed E-state index contributed by atoms with van der Waals surface area (Å²) in [6, 6.07) is 7.45. The van der Waals surface area contributed by atoms with Gasteiger partial charge in [-0.3, -0.25) is 4.79 Å². The summed E-state index contributed by atoms with van der Waals surface area (Å²) in [7, 11) is -2.63.